The van der Waals surface area contributed by atoms with Crippen molar-refractivity contribution in [1.29, 1.82) is 0 Å². The molecule has 4 atom stereocenters. The first kappa shape index (κ1) is 14.8. The molecule has 5 nitrogen and oxygen atoms in total. The lowest BCUT2D eigenvalue weighted by atomic mass is 9.75. The average Bonchev–Trinajstić information content (AvgIpc) is 2.43. The molecule has 0 aromatic heterocycles. The van der Waals surface area contributed by atoms with Crippen LogP contribution in [-0.4, -0.2) is 47.1 Å². The van der Waals surface area contributed by atoms with Gasteiger partial charge in [0.05, 0.1) is 0 Å². The van der Waals surface area contributed by atoms with Crippen molar-refractivity contribution >= 4 is 11.9 Å². The van der Waals surface area contributed by atoms with E-state index in [0.29, 0.717) is 18.3 Å². The molecule has 5 heteroatoms. The molecule has 1 aliphatic carbocycles. The fourth-order valence-corrected chi connectivity index (χ4v) is 4.29. The van der Waals surface area contributed by atoms with Crippen molar-refractivity contribution in [2.24, 2.45) is 17.8 Å². The molecule has 2 aliphatic heterocycles. The highest BCUT2D eigenvalue weighted by Gasteiger charge is 2.46. The summed E-state index contributed by atoms with van der Waals surface area (Å²) >= 11 is 0. The number of piperidine rings is 1. The fourth-order valence-electron chi connectivity index (χ4n) is 4.29. The van der Waals surface area contributed by atoms with E-state index >= 15 is 0 Å². The minimum absolute atomic E-state index is 0.0613. The van der Waals surface area contributed by atoms with Crippen LogP contribution in [-0.2, 0) is 9.59 Å². The number of carbonyl (C=O) groups excluding carboxylic acids is 1. The number of fused-ring (bicyclic) bond motifs is 1. The Kier molecular flexibility index (Phi) is 4.20. The van der Waals surface area contributed by atoms with Gasteiger partial charge in [-0.3, -0.25) is 4.79 Å². The van der Waals surface area contributed by atoms with Gasteiger partial charge in [0.2, 0.25) is 5.91 Å². The molecule has 21 heavy (non-hydrogen) atoms. The normalized spacial score (nSPS) is 34.7. The van der Waals surface area contributed by atoms with Gasteiger partial charge >= 0.3 is 5.97 Å². The molecule has 0 aromatic carbocycles. The molecular weight excluding hydrogens is 268 g/mol. The molecule has 0 radical (unpaired) electrons. The molecule has 4 unspecified atom stereocenters. The minimum atomic E-state index is -0.827. The molecule has 1 saturated carbocycles. The molecule has 2 N–H and O–H groups in total. The number of hydrogen-bond acceptors (Lipinski definition) is 3. The highest BCUT2D eigenvalue weighted by molar-refractivity contribution is 5.85. The topological polar surface area (TPSA) is 69.6 Å². The summed E-state index contributed by atoms with van der Waals surface area (Å²) in [5.41, 5.74) is 0. The van der Waals surface area contributed by atoms with E-state index in [0.717, 1.165) is 38.8 Å². The first-order chi connectivity index (χ1) is 10.1. The third-order valence-electron chi connectivity index (χ3n) is 5.82. The Morgan fingerprint density at radius 3 is 2.48 bits per heavy atom. The largest absolute Gasteiger partial charge is 0.480 e. The third-order valence-corrected chi connectivity index (χ3v) is 5.82. The molecule has 3 fully saturated rings. The number of nitrogens with zero attached hydrogens (tertiary/aromatic N) is 1. The minimum Gasteiger partial charge on any atom is -0.480 e. The quantitative estimate of drug-likeness (QED) is 0.827. The zero-order chi connectivity index (χ0) is 15.0. The van der Waals surface area contributed by atoms with E-state index in [1.54, 1.807) is 4.90 Å². The lowest BCUT2D eigenvalue weighted by molar-refractivity contribution is -0.161. The van der Waals surface area contributed by atoms with Crippen LogP contribution in [0.25, 0.3) is 0 Å². The van der Waals surface area contributed by atoms with Crippen LogP contribution >= 0.6 is 0 Å². The molecule has 3 aliphatic rings. The molecule has 0 aromatic rings. The Hall–Kier alpha value is -1.10. The van der Waals surface area contributed by atoms with Crippen molar-refractivity contribution in [2.75, 3.05) is 13.1 Å². The smallest absolute Gasteiger partial charge is 0.326 e. The molecule has 1 amide bonds. The SMILES string of the molecule is CC(C(=O)N1C(C(=O)O)CCC2CCCCC21)C1CNC1. The predicted molar refractivity (Wildman–Crippen MR) is 78.8 cm³/mol. The number of carbonyl (C=O) groups is 2. The van der Waals surface area contributed by atoms with Crippen LogP contribution in [0.4, 0.5) is 0 Å². The Morgan fingerprint density at radius 2 is 1.86 bits per heavy atom. The van der Waals surface area contributed by atoms with Gasteiger partial charge in [-0.05, 0) is 50.6 Å². The third kappa shape index (κ3) is 2.68. The predicted octanol–water partition coefficient (Wildman–Crippen LogP) is 1.48. The molecular formula is C16H26N2O3. The summed E-state index contributed by atoms with van der Waals surface area (Å²) < 4.78 is 0. The Bertz CT molecular complexity index is 422. The first-order valence-corrected chi connectivity index (χ1v) is 8.35. The second-order valence-electron chi connectivity index (χ2n) is 7.00. The molecule has 2 heterocycles. The van der Waals surface area contributed by atoms with Gasteiger partial charge in [0.1, 0.15) is 6.04 Å². The van der Waals surface area contributed by atoms with Gasteiger partial charge in [0.15, 0.2) is 0 Å². The van der Waals surface area contributed by atoms with E-state index in [1.165, 1.54) is 6.42 Å². The number of amides is 1. The first-order valence-electron chi connectivity index (χ1n) is 8.35. The van der Waals surface area contributed by atoms with E-state index in [-0.39, 0.29) is 17.9 Å². The summed E-state index contributed by atoms with van der Waals surface area (Å²) in [7, 11) is 0. The maximum Gasteiger partial charge on any atom is 0.326 e. The number of carboxylic acid groups (broad SMARTS) is 1. The monoisotopic (exact) mass is 294 g/mol. The Morgan fingerprint density at radius 1 is 1.14 bits per heavy atom. The zero-order valence-electron chi connectivity index (χ0n) is 12.8. The molecule has 0 spiro atoms. The van der Waals surface area contributed by atoms with Gasteiger partial charge < -0.3 is 15.3 Å². The van der Waals surface area contributed by atoms with Crippen LogP contribution < -0.4 is 5.32 Å². The van der Waals surface area contributed by atoms with E-state index in [2.05, 4.69) is 5.32 Å². The highest BCUT2D eigenvalue weighted by Crippen LogP contribution is 2.39. The molecule has 2 saturated heterocycles. The van der Waals surface area contributed by atoms with E-state index < -0.39 is 12.0 Å². The van der Waals surface area contributed by atoms with Gasteiger partial charge in [-0.1, -0.05) is 19.8 Å². The van der Waals surface area contributed by atoms with Crippen molar-refractivity contribution in [3.8, 4) is 0 Å². The maximum absolute atomic E-state index is 12.9. The molecule has 0 bridgehead atoms. The maximum atomic E-state index is 12.9. The summed E-state index contributed by atoms with van der Waals surface area (Å²) in [5, 5.41) is 12.7. The van der Waals surface area contributed by atoms with Gasteiger partial charge in [0.25, 0.3) is 0 Å². The fraction of sp³-hybridized carbons (Fsp3) is 0.875. The summed E-state index contributed by atoms with van der Waals surface area (Å²) in [4.78, 5) is 26.3. The second kappa shape index (κ2) is 5.95. The molecule has 3 rings (SSSR count). The second-order valence-corrected chi connectivity index (χ2v) is 7.00. The van der Waals surface area contributed by atoms with Crippen LogP contribution in [0.15, 0.2) is 0 Å². The highest BCUT2D eigenvalue weighted by atomic mass is 16.4. The number of likely N-dealkylation sites (tertiary alicyclic amines) is 1. The number of nitrogens with one attached hydrogen (secondary N) is 1. The lowest BCUT2D eigenvalue weighted by Gasteiger charge is -2.49. The standard InChI is InChI=1S/C16H26N2O3/c1-10(12-8-17-9-12)15(19)18-13-5-3-2-4-11(13)6-7-14(18)16(20)21/h10-14,17H,2-9H2,1H3,(H,20,21). The van der Waals surface area contributed by atoms with Gasteiger partial charge in [-0.2, -0.15) is 0 Å². The zero-order valence-corrected chi connectivity index (χ0v) is 12.8. The number of carboxylic acids is 1. The van der Waals surface area contributed by atoms with Crippen LogP contribution in [0.5, 0.6) is 0 Å². The number of aliphatic carboxylic acids is 1. The van der Waals surface area contributed by atoms with Crippen LogP contribution in [0.3, 0.4) is 0 Å². The summed E-state index contributed by atoms with van der Waals surface area (Å²) in [5.74, 6) is 0.0755. The van der Waals surface area contributed by atoms with Gasteiger partial charge in [-0.25, -0.2) is 4.79 Å². The molecule has 118 valence electrons. The summed E-state index contributed by atoms with van der Waals surface area (Å²) in [6, 6.07) is -0.441. The van der Waals surface area contributed by atoms with E-state index in [1.807, 2.05) is 6.92 Å². The van der Waals surface area contributed by atoms with Crippen molar-refractivity contribution in [2.45, 2.75) is 57.5 Å². The van der Waals surface area contributed by atoms with Crippen molar-refractivity contribution in [3.05, 3.63) is 0 Å². The van der Waals surface area contributed by atoms with E-state index in [4.69, 9.17) is 0 Å². The Labute approximate surface area is 126 Å². The Balaban J connectivity index is 1.81. The van der Waals surface area contributed by atoms with Crippen molar-refractivity contribution in [1.82, 2.24) is 10.2 Å². The summed E-state index contributed by atoms with van der Waals surface area (Å²) in [6.07, 6.45) is 6.07. The van der Waals surface area contributed by atoms with E-state index in [9.17, 15) is 14.7 Å². The van der Waals surface area contributed by atoms with Crippen LogP contribution in [0.2, 0.25) is 0 Å². The van der Waals surface area contributed by atoms with Crippen LogP contribution in [0.1, 0.15) is 45.4 Å². The van der Waals surface area contributed by atoms with Gasteiger partial charge in [-0.15, -0.1) is 0 Å². The van der Waals surface area contributed by atoms with Crippen molar-refractivity contribution in [3.63, 3.8) is 0 Å². The summed E-state index contributed by atoms with van der Waals surface area (Å²) in [6.45, 7) is 3.73. The average molecular weight is 294 g/mol. The number of hydrogen-bond donors (Lipinski definition) is 2. The van der Waals surface area contributed by atoms with Crippen LogP contribution in [0, 0.1) is 17.8 Å². The van der Waals surface area contributed by atoms with Crippen molar-refractivity contribution < 1.29 is 14.7 Å². The lowest BCUT2D eigenvalue weighted by Crippen LogP contribution is -2.60. The number of rotatable bonds is 3. The van der Waals surface area contributed by atoms with Gasteiger partial charge in [0, 0.05) is 12.0 Å².